The first-order valence-corrected chi connectivity index (χ1v) is 11.4. The van der Waals surface area contributed by atoms with Gasteiger partial charge in [-0.15, -0.1) is 0 Å². The van der Waals surface area contributed by atoms with Crippen LogP contribution in [0.15, 0.2) is 70.6 Å². The van der Waals surface area contributed by atoms with Crippen molar-refractivity contribution in [3.8, 4) is 5.69 Å². The van der Waals surface area contributed by atoms with Crippen molar-refractivity contribution in [2.24, 2.45) is 0 Å². The molecule has 0 aliphatic carbocycles. The molecule has 4 rings (SSSR count). The highest BCUT2D eigenvalue weighted by Gasteiger charge is 2.16. The van der Waals surface area contributed by atoms with Crippen LogP contribution < -0.4 is 10.9 Å². The number of thioether (sulfide) groups is 1. The minimum Gasteiger partial charge on any atom is -0.325 e. The van der Waals surface area contributed by atoms with Gasteiger partial charge in [-0.2, -0.15) is 0 Å². The summed E-state index contributed by atoms with van der Waals surface area (Å²) in [6.07, 6.45) is 0. The van der Waals surface area contributed by atoms with Crippen molar-refractivity contribution in [2.75, 3.05) is 11.1 Å². The summed E-state index contributed by atoms with van der Waals surface area (Å²) >= 11 is 1.26. The van der Waals surface area contributed by atoms with Crippen LogP contribution in [0.5, 0.6) is 0 Å². The summed E-state index contributed by atoms with van der Waals surface area (Å²) in [6.45, 7) is 8.05. The molecule has 1 aromatic heterocycles. The maximum absolute atomic E-state index is 13.4. The van der Waals surface area contributed by atoms with E-state index in [1.54, 1.807) is 10.6 Å². The number of para-hydroxylation sites is 1. The van der Waals surface area contributed by atoms with E-state index >= 15 is 0 Å². The van der Waals surface area contributed by atoms with E-state index in [0.29, 0.717) is 16.1 Å². The summed E-state index contributed by atoms with van der Waals surface area (Å²) in [7, 11) is 0. The number of nitrogens with zero attached hydrogens (tertiary/aromatic N) is 2. The van der Waals surface area contributed by atoms with Crippen molar-refractivity contribution in [1.82, 2.24) is 9.55 Å². The second kappa shape index (κ2) is 9.01. The quantitative estimate of drug-likeness (QED) is 0.334. The van der Waals surface area contributed by atoms with Gasteiger partial charge in [0.05, 0.1) is 22.3 Å². The second-order valence-electron chi connectivity index (χ2n) is 7.90. The topological polar surface area (TPSA) is 64.0 Å². The number of rotatable bonds is 5. The lowest BCUT2D eigenvalue weighted by Crippen LogP contribution is -2.23. The Hall–Kier alpha value is -3.38. The summed E-state index contributed by atoms with van der Waals surface area (Å²) in [5, 5.41) is 4.02. The molecule has 1 heterocycles. The molecule has 0 atom stereocenters. The summed E-state index contributed by atoms with van der Waals surface area (Å²) in [5.41, 5.74) is 6.43. The Morgan fingerprint density at radius 2 is 1.72 bits per heavy atom. The molecular weight excluding hydrogens is 418 g/mol. The van der Waals surface area contributed by atoms with Gasteiger partial charge in [0.1, 0.15) is 0 Å². The Labute approximate surface area is 191 Å². The smallest absolute Gasteiger partial charge is 0.266 e. The van der Waals surface area contributed by atoms with E-state index in [2.05, 4.69) is 5.32 Å². The van der Waals surface area contributed by atoms with Crippen molar-refractivity contribution < 1.29 is 4.79 Å². The van der Waals surface area contributed by atoms with Crippen molar-refractivity contribution in [3.63, 3.8) is 0 Å². The van der Waals surface area contributed by atoms with Crippen molar-refractivity contribution in [3.05, 3.63) is 93.3 Å². The number of carbonyl (C=O) groups is 1. The molecule has 0 aliphatic heterocycles. The van der Waals surface area contributed by atoms with Gasteiger partial charge in [-0.1, -0.05) is 42.1 Å². The Kier molecular flexibility index (Phi) is 6.15. The largest absolute Gasteiger partial charge is 0.325 e. The van der Waals surface area contributed by atoms with Gasteiger partial charge in [-0.25, -0.2) is 4.98 Å². The number of hydrogen-bond acceptors (Lipinski definition) is 4. The lowest BCUT2D eigenvalue weighted by molar-refractivity contribution is -0.113. The molecule has 6 heteroatoms. The fraction of sp³-hybridized carbons (Fsp3) is 0.192. The van der Waals surface area contributed by atoms with Gasteiger partial charge in [0, 0.05) is 5.69 Å². The van der Waals surface area contributed by atoms with Crippen LogP contribution in [0.3, 0.4) is 0 Å². The standard InChI is InChI=1S/C26H25N3O2S/c1-16-12-13-20(14-18(16)3)29-25(31)21-9-5-6-10-23(21)28-26(29)32-15-24(30)27-22-11-7-8-17(2)19(22)4/h5-14H,15H2,1-4H3,(H,27,30). The van der Waals surface area contributed by atoms with Crippen LogP contribution in [0.25, 0.3) is 16.6 Å². The zero-order chi connectivity index (χ0) is 22.8. The first-order valence-electron chi connectivity index (χ1n) is 10.4. The van der Waals surface area contributed by atoms with Gasteiger partial charge in [-0.3, -0.25) is 14.2 Å². The lowest BCUT2D eigenvalue weighted by Gasteiger charge is -2.15. The highest BCUT2D eigenvalue weighted by atomic mass is 32.2. The van der Waals surface area contributed by atoms with Crippen LogP contribution in [0.4, 0.5) is 5.69 Å². The molecule has 4 aromatic rings. The van der Waals surface area contributed by atoms with Gasteiger partial charge in [0.25, 0.3) is 5.56 Å². The normalized spacial score (nSPS) is 11.0. The number of nitrogens with one attached hydrogen (secondary N) is 1. The second-order valence-corrected chi connectivity index (χ2v) is 8.85. The van der Waals surface area contributed by atoms with Gasteiger partial charge in [0.2, 0.25) is 5.91 Å². The zero-order valence-electron chi connectivity index (χ0n) is 18.6. The highest BCUT2D eigenvalue weighted by molar-refractivity contribution is 7.99. The predicted molar refractivity (Wildman–Crippen MR) is 132 cm³/mol. The average molecular weight is 444 g/mol. The predicted octanol–water partition coefficient (Wildman–Crippen LogP) is 5.35. The summed E-state index contributed by atoms with van der Waals surface area (Å²) in [4.78, 5) is 30.8. The minimum absolute atomic E-state index is 0.141. The molecule has 3 aromatic carbocycles. The molecule has 1 N–H and O–H groups in total. The van der Waals surface area contributed by atoms with Gasteiger partial charge >= 0.3 is 0 Å². The number of anilines is 1. The van der Waals surface area contributed by atoms with E-state index in [9.17, 15) is 9.59 Å². The van der Waals surface area contributed by atoms with E-state index in [4.69, 9.17) is 4.98 Å². The molecule has 0 saturated heterocycles. The Balaban J connectivity index is 1.69. The number of amides is 1. The van der Waals surface area contributed by atoms with E-state index in [-0.39, 0.29) is 17.2 Å². The van der Waals surface area contributed by atoms with Gasteiger partial charge < -0.3 is 5.32 Å². The molecule has 1 amide bonds. The number of carbonyl (C=O) groups excluding carboxylic acids is 1. The fourth-order valence-electron chi connectivity index (χ4n) is 3.50. The van der Waals surface area contributed by atoms with Crippen LogP contribution in [-0.4, -0.2) is 21.2 Å². The zero-order valence-corrected chi connectivity index (χ0v) is 19.4. The van der Waals surface area contributed by atoms with E-state index in [1.807, 2.05) is 82.3 Å². The third-order valence-electron chi connectivity index (χ3n) is 5.70. The van der Waals surface area contributed by atoms with Crippen molar-refractivity contribution in [2.45, 2.75) is 32.9 Å². The number of aryl methyl sites for hydroxylation is 3. The van der Waals surface area contributed by atoms with Crippen LogP contribution in [0.2, 0.25) is 0 Å². The molecule has 0 aliphatic rings. The number of benzene rings is 3. The molecule has 5 nitrogen and oxygen atoms in total. The SMILES string of the molecule is Cc1ccc(-n2c(SCC(=O)Nc3cccc(C)c3C)nc3ccccc3c2=O)cc1C. The summed E-state index contributed by atoms with van der Waals surface area (Å²) in [5.74, 6) is 0.000893. The summed E-state index contributed by atoms with van der Waals surface area (Å²) < 4.78 is 1.60. The molecule has 32 heavy (non-hydrogen) atoms. The molecular formula is C26H25N3O2S. The average Bonchev–Trinajstić information content (AvgIpc) is 2.78. The first-order chi connectivity index (χ1) is 15.3. The maximum atomic E-state index is 13.4. The monoisotopic (exact) mass is 443 g/mol. The molecule has 0 unspecified atom stereocenters. The fourth-order valence-corrected chi connectivity index (χ4v) is 4.32. The highest BCUT2D eigenvalue weighted by Crippen LogP contribution is 2.24. The Bertz CT molecular complexity index is 1390. The first kappa shape index (κ1) is 21.8. The van der Waals surface area contributed by atoms with Crippen LogP contribution in [0, 0.1) is 27.7 Å². The van der Waals surface area contributed by atoms with Crippen molar-refractivity contribution in [1.29, 1.82) is 0 Å². The molecule has 0 spiro atoms. The Morgan fingerprint density at radius 1 is 0.938 bits per heavy atom. The number of fused-ring (bicyclic) bond motifs is 1. The van der Waals surface area contributed by atoms with Crippen LogP contribution in [0.1, 0.15) is 22.3 Å². The van der Waals surface area contributed by atoms with Crippen LogP contribution >= 0.6 is 11.8 Å². The van der Waals surface area contributed by atoms with Crippen LogP contribution in [-0.2, 0) is 4.79 Å². The molecule has 0 radical (unpaired) electrons. The minimum atomic E-state index is -0.142. The summed E-state index contributed by atoms with van der Waals surface area (Å²) in [6, 6.07) is 19.0. The molecule has 162 valence electrons. The number of aromatic nitrogens is 2. The number of hydrogen-bond donors (Lipinski definition) is 1. The third kappa shape index (κ3) is 4.32. The molecule has 0 fully saturated rings. The molecule has 0 bridgehead atoms. The van der Waals surface area contributed by atoms with E-state index < -0.39 is 0 Å². The van der Waals surface area contributed by atoms with E-state index in [1.165, 1.54) is 11.8 Å². The van der Waals surface area contributed by atoms with E-state index in [0.717, 1.165) is 33.6 Å². The Morgan fingerprint density at radius 3 is 2.50 bits per heavy atom. The van der Waals surface area contributed by atoms with Gasteiger partial charge in [0.15, 0.2) is 5.16 Å². The maximum Gasteiger partial charge on any atom is 0.266 e. The van der Waals surface area contributed by atoms with Gasteiger partial charge in [-0.05, 0) is 80.3 Å². The molecule has 0 saturated carbocycles. The van der Waals surface area contributed by atoms with Crippen molar-refractivity contribution >= 4 is 34.3 Å². The lowest BCUT2D eigenvalue weighted by atomic mass is 10.1. The third-order valence-corrected chi connectivity index (χ3v) is 6.64.